The summed E-state index contributed by atoms with van der Waals surface area (Å²) < 4.78 is 0. The van der Waals surface area contributed by atoms with Crippen LogP contribution in [0.4, 0.5) is 0 Å². The Kier molecular flexibility index (Phi) is 10.4. The summed E-state index contributed by atoms with van der Waals surface area (Å²) in [4.78, 5) is 29.2. The number of amides is 2. The minimum absolute atomic E-state index is 0. The van der Waals surface area contributed by atoms with Crippen molar-refractivity contribution >= 4 is 41.8 Å². The fourth-order valence-electron chi connectivity index (χ4n) is 2.01. The monoisotopic (exact) mass is 424 g/mol. The van der Waals surface area contributed by atoms with E-state index in [0.29, 0.717) is 44.3 Å². The van der Waals surface area contributed by atoms with E-state index in [1.807, 2.05) is 6.92 Å². The van der Waals surface area contributed by atoms with Crippen molar-refractivity contribution in [2.75, 3.05) is 19.6 Å². The summed E-state index contributed by atoms with van der Waals surface area (Å²) in [6.45, 7) is 9.98. The lowest BCUT2D eigenvalue weighted by Crippen LogP contribution is -2.45. The van der Waals surface area contributed by atoms with E-state index in [4.69, 9.17) is 0 Å². The quantitative estimate of drug-likeness (QED) is 0.295. The Hall–Kier alpha value is -0.860. The SMILES string of the molecule is CCNC(=NCCN1C(=O)CCCC1=O)NC(C)C(C)C.I. The molecule has 22 heavy (non-hydrogen) atoms. The molecule has 1 saturated heterocycles. The smallest absolute Gasteiger partial charge is 0.229 e. The third-order valence-electron chi connectivity index (χ3n) is 3.69. The van der Waals surface area contributed by atoms with Crippen LogP contribution in [0.5, 0.6) is 0 Å². The van der Waals surface area contributed by atoms with E-state index in [2.05, 4.69) is 36.4 Å². The van der Waals surface area contributed by atoms with Crippen LogP contribution in [0.1, 0.15) is 47.0 Å². The molecule has 1 unspecified atom stereocenters. The topological polar surface area (TPSA) is 73.8 Å². The van der Waals surface area contributed by atoms with E-state index < -0.39 is 0 Å². The molecule has 1 aliphatic rings. The molecule has 1 rings (SSSR count). The summed E-state index contributed by atoms with van der Waals surface area (Å²) in [7, 11) is 0. The van der Waals surface area contributed by atoms with E-state index >= 15 is 0 Å². The van der Waals surface area contributed by atoms with E-state index in [9.17, 15) is 9.59 Å². The van der Waals surface area contributed by atoms with Gasteiger partial charge >= 0.3 is 0 Å². The lowest BCUT2D eigenvalue weighted by molar-refractivity contribution is -0.147. The van der Waals surface area contributed by atoms with Crippen molar-refractivity contribution in [2.24, 2.45) is 10.9 Å². The highest BCUT2D eigenvalue weighted by Crippen LogP contribution is 2.11. The summed E-state index contributed by atoms with van der Waals surface area (Å²) in [6, 6.07) is 0.307. The largest absolute Gasteiger partial charge is 0.357 e. The molecular weight excluding hydrogens is 395 g/mol. The van der Waals surface area contributed by atoms with E-state index in [0.717, 1.165) is 12.5 Å². The molecule has 1 fully saturated rings. The molecule has 0 radical (unpaired) electrons. The van der Waals surface area contributed by atoms with Gasteiger partial charge in [0, 0.05) is 32.0 Å². The predicted octanol–water partition coefficient (Wildman–Crippen LogP) is 1.74. The minimum atomic E-state index is -0.0741. The second-order valence-corrected chi connectivity index (χ2v) is 5.73. The normalized spacial score (nSPS) is 17.3. The van der Waals surface area contributed by atoms with Gasteiger partial charge < -0.3 is 10.6 Å². The van der Waals surface area contributed by atoms with Crippen LogP contribution in [0.3, 0.4) is 0 Å². The van der Waals surface area contributed by atoms with Gasteiger partial charge in [0.15, 0.2) is 5.96 Å². The number of halogens is 1. The molecule has 0 saturated carbocycles. The molecule has 0 spiro atoms. The number of rotatable bonds is 6. The maximum absolute atomic E-state index is 11.7. The van der Waals surface area contributed by atoms with Crippen molar-refractivity contribution in [1.82, 2.24) is 15.5 Å². The number of nitrogens with zero attached hydrogens (tertiary/aromatic N) is 2. The standard InChI is InChI=1S/C15H28N4O2.HI/c1-5-16-15(18-12(4)11(2)3)17-9-10-19-13(20)7-6-8-14(19)21;/h11-12H,5-10H2,1-4H3,(H2,16,17,18);1H. The van der Waals surface area contributed by atoms with Crippen LogP contribution >= 0.6 is 24.0 Å². The van der Waals surface area contributed by atoms with Crippen molar-refractivity contribution in [3.8, 4) is 0 Å². The van der Waals surface area contributed by atoms with Gasteiger partial charge in [-0.3, -0.25) is 19.5 Å². The zero-order chi connectivity index (χ0) is 15.8. The zero-order valence-corrected chi connectivity index (χ0v) is 16.3. The number of imide groups is 1. The van der Waals surface area contributed by atoms with Crippen LogP contribution in [0, 0.1) is 5.92 Å². The molecule has 0 aromatic rings. The first kappa shape index (κ1) is 21.1. The lowest BCUT2D eigenvalue weighted by Gasteiger charge is -2.24. The van der Waals surface area contributed by atoms with E-state index in [1.165, 1.54) is 4.90 Å². The zero-order valence-electron chi connectivity index (χ0n) is 14.0. The number of carbonyl (C=O) groups excluding carboxylic acids is 2. The fraction of sp³-hybridized carbons (Fsp3) is 0.800. The number of aliphatic imine (C=N–C) groups is 1. The van der Waals surface area contributed by atoms with Gasteiger partial charge in [-0.15, -0.1) is 24.0 Å². The average Bonchev–Trinajstić information content (AvgIpc) is 2.42. The van der Waals surface area contributed by atoms with Crippen molar-refractivity contribution < 1.29 is 9.59 Å². The second kappa shape index (κ2) is 10.8. The number of hydrogen-bond acceptors (Lipinski definition) is 3. The summed E-state index contributed by atoms with van der Waals surface area (Å²) >= 11 is 0. The van der Waals surface area contributed by atoms with Gasteiger partial charge in [0.1, 0.15) is 0 Å². The molecule has 7 heteroatoms. The summed E-state index contributed by atoms with van der Waals surface area (Å²) in [5.41, 5.74) is 0. The van der Waals surface area contributed by atoms with Gasteiger partial charge in [-0.1, -0.05) is 13.8 Å². The third kappa shape index (κ3) is 6.93. The third-order valence-corrected chi connectivity index (χ3v) is 3.69. The van der Waals surface area contributed by atoms with Gasteiger partial charge in [0.05, 0.1) is 6.54 Å². The molecule has 1 aliphatic heterocycles. The number of likely N-dealkylation sites (tertiary alicyclic amines) is 1. The van der Waals surface area contributed by atoms with Crippen LogP contribution in [0.15, 0.2) is 4.99 Å². The number of piperidine rings is 1. The molecule has 0 aromatic heterocycles. The Labute approximate surface area is 150 Å². The lowest BCUT2D eigenvalue weighted by atomic mass is 10.1. The van der Waals surface area contributed by atoms with Gasteiger partial charge in [-0.25, -0.2) is 0 Å². The average molecular weight is 424 g/mol. The number of carbonyl (C=O) groups is 2. The summed E-state index contributed by atoms with van der Waals surface area (Å²) in [5.74, 6) is 1.08. The first-order valence-electron chi connectivity index (χ1n) is 7.83. The number of hydrogen-bond donors (Lipinski definition) is 2. The highest BCUT2D eigenvalue weighted by Gasteiger charge is 2.25. The highest BCUT2D eigenvalue weighted by atomic mass is 127. The molecule has 0 aliphatic carbocycles. The number of guanidine groups is 1. The van der Waals surface area contributed by atoms with E-state index in [1.54, 1.807) is 0 Å². The highest BCUT2D eigenvalue weighted by molar-refractivity contribution is 14.0. The Morgan fingerprint density at radius 2 is 1.82 bits per heavy atom. The molecule has 1 heterocycles. The van der Waals surface area contributed by atoms with Gasteiger partial charge in [0.2, 0.25) is 11.8 Å². The van der Waals surface area contributed by atoms with Crippen molar-refractivity contribution in [3.63, 3.8) is 0 Å². The van der Waals surface area contributed by atoms with E-state index in [-0.39, 0.29) is 35.8 Å². The Morgan fingerprint density at radius 3 is 2.32 bits per heavy atom. The van der Waals surface area contributed by atoms with Crippen LogP contribution in [-0.4, -0.2) is 48.3 Å². The summed E-state index contributed by atoms with van der Waals surface area (Å²) in [5, 5.41) is 6.51. The van der Waals surface area contributed by atoms with Crippen LogP contribution in [0.2, 0.25) is 0 Å². The van der Waals surface area contributed by atoms with Crippen molar-refractivity contribution in [3.05, 3.63) is 0 Å². The van der Waals surface area contributed by atoms with Gasteiger partial charge in [0.25, 0.3) is 0 Å². The Balaban J connectivity index is 0.00000441. The van der Waals surface area contributed by atoms with Crippen LogP contribution in [0.25, 0.3) is 0 Å². The number of nitrogens with one attached hydrogen (secondary N) is 2. The Bertz CT molecular complexity index is 383. The molecule has 2 amide bonds. The fourth-order valence-corrected chi connectivity index (χ4v) is 2.01. The predicted molar refractivity (Wildman–Crippen MR) is 99.4 cm³/mol. The minimum Gasteiger partial charge on any atom is -0.357 e. The maximum atomic E-state index is 11.7. The maximum Gasteiger partial charge on any atom is 0.229 e. The molecule has 0 bridgehead atoms. The molecule has 128 valence electrons. The van der Waals surface area contributed by atoms with Gasteiger partial charge in [-0.05, 0) is 26.2 Å². The first-order chi connectivity index (χ1) is 9.95. The molecule has 2 N–H and O–H groups in total. The van der Waals surface area contributed by atoms with Gasteiger partial charge in [-0.2, -0.15) is 0 Å². The molecule has 6 nitrogen and oxygen atoms in total. The van der Waals surface area contributed by atoms with Crippen LogP contribution in [-0.2, 0) is 9.59 Å². The molecule has 1 atom stereocenters. The summed E-state index contributed by atoms with van der Waals surface area (Å²) in [6.07, 6.45) is 1.61. The molecular formula is C15H29IN4O2. The molecule has 0 aromatic carbocycles. The van der Waals surface area contributed by atoms with Crippen molar-refractivity contribution in [2.45, 2.75) is 53.0 Å². The van der Waals surface area contributed by atoms with Crippen molar-refractivity contribution in [1.29, 1.82) is 0 Å². The Morgan fingerprint density at radius 1 is 1.23 bits per heavy atom. The second-order valence-electron chi connectivity index (χ2n) is 5.73. The van der Waals surface area contributed by atoms with Crippen LogP contribution < -0.4 is 10.6 Å². The first-order valence-corrected chi connectivity index (χ1v) is 7.83.